The fourth-order valence-electron chi connectivity index (χ4n) is 4.18. The number of ketones is 1. The highest BCUT2D eigenvalue weighted by molar-refractivity contribution is 6.16. The summed E-state index contributed by atoms with van der Waals surface area (Å²) in [5, 5.41) is 60.9. The fraction of sp³-hybridized carbons (Fsp3) is 0.350. The van der Waals surface area contributed by atoms with Crippen LogP contribution in [0.4, 0.5) is 0 Å². The molecule has 1 aliphatic carbocycles. The molecular formula is C20H20O8. The molecule has 0 aromatic heterocycles. The van der Waals surface area contributed by atoms with Crippen molar-refractivity contribution in [2.75, 3.05) is 6.61 Å². The highest BCUT2D eigenvalue weighted by Gasteiger charge is 2.49. The summed E-state index contributed by atoms with van der Waals surface area (Å²) in [6.07, 6.45) is -6.92. The van der Waals surface area contributed by atoms with E-state index in [0.717, 1.165) is 0 Å². The van der Waals surface area contributed by atoms with Crippen LogP contribution in [0.25, 0.3) is 0 Å². The van der Waals surface area contributed by atoms with E-state index in [1.54, 1.807) is 12.1 Å². The zero-order valence-corrected chi connectivity index (χ0v) is 14.6. The molecule has 1 aliphatic heterocycles. The van der Waals surface area contributed by atoms with E-state index in [1.165, 1.54) is 24.3 Å². The molecule has 0 amide bonds. The molecule has 5 atom stereocenters. The number of carbonyl (C=O) groups excluding carboxylic acids is 1. The van der Waals surface area contributed by atoms with Gasteiger partial charge in [-0.05, 0) is 23.3 Å². The SMILES string of the molecule is O=C1c2c(O)cccc2C(C2O[C@H](CO)[C@@H](O)[C@H](O)[C@H]2O)c2cccc(O)c21. The average molecular weight is 388 g/mol. The van der Waals surface area contributed by atoms with Gasteiger partial charge < -0.3 is 35.4 Å². The molecule has 8 nitrogen and oxygen atoms in total. The van der Waals surface area contributed by atoms with Crippen LogP contribution in [0.5, 0.6) is 11.5 Å². The van der Waals surface area contributed by atoms with Crippen molar-refractivity contribution < 1.29 is 40.2 Å². The van der Waals surface area contributed by atoms with Crippen LogP contribution in [0, 0.1) is 0 Å². The molecule has 2 aromatic rings. The van der Waals surface area contributed by atoms with E-state index in [9.17, 15) is 35.4 Å². The van der Waals surface area contributed by atoms with Gasteiger partial charge in [0.2, 0.25) is 5.78 Å². The van der Waals surface area contributed by atoms with Gasteiger partial charge in [0, 0.05) is 5.92 Å². The molecule has 0 radical (unpaired) electrons. The number of phenols is 2. The highest BCUT2D eigenvalue weighted by Crippen LogP contribution is 2.46. The third-order valence-electron chi connectivity index (χ3n) is 5.53. The molecule has 4 rings (SSSR count). The minimum Gasteiger partial charge on any atom is -0.507 e. The third kappa shape index (κ3) is 2.61. The molecule has 0 saturated carbocycles. The molecule has 8 heteroatoms. The predicted octanol–water partition coefficient (Wildman–Crippen LogP) is -0.384. The zero-order valence-electron chi connectivity index (χ0n) is 14.6. The smallest absolute Gasteiger partial charge is 0.201 e. The van der Waals surface area contributed by atoms with E-state index in [1.807, 2.05) is 0 Å². The summed E-state index contributed by atoms with van der Waals surface area (Å²) in [6, 6.07) is 8.93. The van der Waals surface area contributed by atoms with Gasteiger partial charge in [0.05, 0.1) is 23.8 Å². The number of ether oxygens (including phenoxy) is 1. The van der Waals surface area contributed by atoms with Crippen LogP contribution in [0.3, 0.4) is 0 Å². The summed E-state index contributed by atoms with van der Waals surface area (Å²) < 4.78 is 5.71. The second kappa shape index (κ2) is 6.84. The lowest BCUT2D eigenvalue weighted by atomic mass is 9.71. The van der Waals surface area contributed by atoms with Crippen molar-refractivity contribution in [3.63, 3.8) is 0 Å². The number of hydrogen-bond acceptors (Lipinski definition) is 8. The number of benzene rings is 2. The van der Waals surface area contributed by atoms with Gasteiger partial charge in [-0.2, -0.15) is 0 Å². The number of carbonyl (C=O) groups is 1. The molecule has 1 fully saturated rings. The Morgan fingerprint density at radius 2 is 1.36 bits per heavy atom. The summed E-state index contributed by atoms with van der Waals surface area (Å²) in [5.74, 6) is -1.98. The zero-order chi connectivity index (χ0) is 20.2. The summed E-state index contributed by atoms with van der Waals surface area (Å²) >= 11 is 0. The Morgan fingerprint density at radius 1 is 0.821 bits per heavy atom. The molecule has 6 N–H and O–H groups in total. The number of phenolic OH excluding ortho intramolecular Hbond substituents is 2. The number of aromatic hydroxyl groups is 2. The fourth-order valence-corrected chi connectivity index (χ4v) is 4.18. The number of aliphatic hydroxyl groups is 4. The quantitative estimate of drug-likeness (QED) is 0.408. The Balaban J connectivity index is 1.93. The van der Waals surface area contributed by atoms with Gasteiger partial charge in [-0.25, -0.2) is 0 Å². The van der Waals surface area contributed by atoms with Crippen LogP contribution in [-0.2, 0) is 4.74 Å². The van der Waals surface area contributed by atoms with Crippen molar-refractivity contribution >= 4 is 5.78 Å². The molecule has 1 heterocycles. The maximum absolute atomic E-state index is 12.9. The Labute approximate surface area is 159 Å². The summed E-state index contributed by atoms with van der Waals surface area (Å²) in [4.78, 5) is 12.9. The van der Waals surface area contributed by atoms with Crippen molar-refractivity contribution in [3.8, 4) is 11.5 Å². The largest absolute Gasteiger partial charge is 0.507 e. The molecule has 2 aliphatic rings. The van der Waals surface area contributed by atoms with E-state index < -0.39 is 48.8 Å². The Bertz CT molecular complexity index is 869. The van der Waals surface area contributed by atoms with E-state index >= 15 is 0 Å². The van der Waals surface area contributed by atoms with Gasteiger partial charge in [-0.15, -0.1) is 0 Å². The van der Waals surface area contributed by atoms with E-state index in [2.05, 4.69) is 0 Å². The molecule has 28 heavy (non-hydrogen) atoms. The summed E-state index contributed by atoms with van der Waals surface area (Å²) in [7, 11) is 0. The number of rotatable bonds is 2. The summed E-state index contributed by atoms with van der Waals surface area (Å²) in [6.45, 7) is -0.590. The third-order valence-corrected chi connectivity index (χ3v) is 5.53. The first kappa shape index (κ1) is 18.9. The Morgan fingerprint density at radius 3 is 1.86 bits per heavy atom. The average Bonchev–Trinajstić information content (AvgIpc) is 2.67. The van der Waals surface area contributed by atoms with Gasteiger partial charge in [0.15, 0.2) is 0 Å². The van der Waals surface area contributed by atoms with Crippen LogP contribution in [-0.4, -0.2) is 73.5 Å². The van der Waals surface area contributed by atoms with Crippen molar-refractivity contribution in [1.82, 2.24) is 0 Å². The van der Waals surface area contributed by atoms with Gasteiger partial charge in [0.1, 0.15) is 35.9 Å². The summed E-state index contributed by atoms with van der Waals surface area (Å²) in [5.41, 5.74) is 0.650. The normalized spacial score (nSPS) is 30.0. The molecule has 0 bridgehead atoms. The van der Waals surface area contributed by atoms with Crippen LogP contribution in [0.15, 0.2) is 36.4 Å². The van der Waals surface area contributed by atoms with Gasteiger partial charge >= 0.3 is 0 Å². The molecular weight excluding hydrogens is 368 g/mol. The first-order valence-electron chi connectivity index (χ1n) is 8.85. The topological polar surface area (TPSA) is 148 Å². The van der Waals surface area contributed by atoms with Gasteiger partial charge in [-0.1, -0.05) is 24.3 Å². The number of aliphatic hydroxyl groups excluding tert-OH is 4. The predicted molar refractivity (Wildman–Crippen MR) is 95.3 cm³/mol. The van der Waals surface area contributed by atoms with Crippen molar-refractivity contribution in [3.05, 3.63) is 58.7 Å². The lowest BCUT2D eigenvalue weighted by Crippen LogP contribution is -2.60. The number of fused-ring (bicyclic) bond motifs is 2. The van der Waals surface area contributed by atoms with E-state index in [4.69, 9.17) is 4.74 Å². The Kier molecular flexibility index (Phi) is 4.60. The maximum Gasteiger partial charge on any atom is 0.201 e. The van der Waals surface area contributed by atoms with Crippen molar-refractivity contribution in [2.45, 2.75) is 36.4 Å². The van der Waals surface area contributed by atoms with Gasteiger partial charge in [-0.3, -0.25) is 4.79 Å². The van der Waals surface area contributed by atoms with Crippen LogP contribution in [0.1, 0.15) is 33.0 Å². The van der Waals surface area contributed by atoms with E-state index in [0.29, 0.717) is 11.1 Å². The van der Waals surface area contributed by atoms with Gasteiger partial charge in [0.25, 0.3) is 0 Å². The standard InChI is InChI=1S/C20H20O8/c21-7-12-16(24)18(26)19(27)20(28-12)13-8-3-1-5-10(22)14(8)17(25)15-9(13)4-2-6-11(15)23/h1-6,12-13,16,18-24,26-27H,7H2/t12-,16-,18+,19-,20?/m1/s1. The van der Waals surface area contributed by atoms with Crippen LogP contribution < -0.4 is 0 Å². The lowest BCUT2D eigenvalue weighted by Gasteiger charge is -2.44. The molecule has 1 saturated heterocycles. The number of hydrogen-bond donors (Lipinski definition) is 6. The highest BCUT2D eigenvalue weighted by atomic mass is 16.5. The second-order valence-electron chi connectivity index (χ2n) is 7.08. The second-order valence-corrected chi connectivity index (χ2v) is 7.08. The minimum absolute atomic E-state index is 0.0292. The lowest BCUT2D eigenvalue weighted by molar-refractivity contribution is -0.232. The first-order chi connectivity index (χ1) is 13.4. The monoisotopic (exact) mass is 388 g/mol. The molecule has 1 unspecified atom stereocenters. The van der Waals surface area contributed by atoms with Crippen LogP contribution in [0.2, 0.25) is 0 Å². The first-order valence-corrected chi connectivity index (χ1v) is 8.85. The molecule has 148 valence electrons. The molecule has 2 aromatic carbocycles. The van der Waals surface area contributed by atoms with E-state index in [-0.39, 0.29) is 22.6 Å². The van der Waals surface area contributed by atoms with Crippen molar-refractivity contribution in [1.29, 1.82) is 0 Å². The Hall–Kier alpha value is -2.49. The maximum atomic E-state index is 12.9. The molecule has 0 spiro atoms. The van der Waals surface area contributed by atoms with Crippen molar-refractivity contribution in [2.24, 2.45) is 0 Å². The van der Waals surface area contributed by atoms with Crippen LogP contribution >= 0.6 is 0 Å². The minimum atomic E-state index is -1.59.